The fourth-order valence-electron chi connectivity index (χ4n) is 1.37. The van der Waals surface area contributed by atoms with Gasteiger partial charge in [-0.25, -0.2) is 4.79 Å². The molecule has 5 nitrogen and oxygen atoms in total. The van der Waals surface area contributed by atoms with Crippen LogP contribution in [0.25, 0.3) is 0 Å². The molecule has 21 heavy (non-hydrogen) atoms. The summed E-state index contributed by atoms with van der Waals surface area (Å²) in [6.07, 6.45) is -5.50. The van der Waals surface area contributed by atoms with Gasteiger partial charge in [0.05, 0.1) is 13.0 Å². The van der Waals surface area contributed by atoms with Crippen LogP contribution in [0.3, 0.4) is 0 Å². The highest BCUT2D eigenvalue weighted by Gasteiger charge is 2.58. The van der Waals surface area contributed by atoms with Crippen molar-refractivity contribution in [3.05, 3.63) is 30.3 Å². The number of benzene rings is 1. The molecule has 0 saturated heterocycles. The lowest BCUT2D eigenvalue weighted by atomic mass is 10.0. The van der Waals surface area contributed by atoms with Gasteiger partial charge in [0.1, 0.15) is 5.75 Å². The molecule has 1 aromatic carbocycles. The maximum Gasteiger partial charge on any atom is 0.422 e. The van der Waals surface area contributed by atoms with Crippen LogP contribution in [0.4, 0.5) is 13.2 Å². The lowest BCUT2D eigenvalue weighted by Crippen LogP contribution is -2.62. The Bertz CT molecular complexity index is 504. The number of ether oxygens (including phenoxy) is 1. The number of carbonyl (C=O) groups excluding carboxylic acids is 1. The SMILES string of the molecule is CC(NC(=O)CCOc1ccccc1)(C(=O)O)C(F)(F)F. The highest BCUT2D eigenvalue weighted by atomic mass is 19.4. The Hall–Kier alpha value is -2.25. The first kappa shape index (κ1) is 16.8. The number of carboxylic acid groups (broad SMARTS) is 1. The zero-order valence-corrected chi connectivity index (χ0v) is 11.1. The second kappa shape index (κ2) is 6.47. The number of aliphatic carboxylic acids is 1. The minimum absolute atomic E-state index is 0.163. The highest BCUT2D eigenvalue weighted by Crippen LogP contribution is 2.30. The first-order chi connectivity index (χ1) is 9.67. The zero-order chi connectivity index (χ0) is 16.1. The molecule has 1 rings (SSSR count). The molecule has 0 spiro atoms. The predicted molar refractivity (Wildman–Crippen MR) is 66.8 cm³/mol. The predicted octanol–water partition coefficient (Wildman–Crippen LogP) is 1.98. The molecule has 0 radical (unpaired) electrons. The average Bonchev–Trinajstić information content (AvgIpc) is 2.38. The number of carboxylic acids is 1. The van der Waals surface area contributed by atoms with E-state index in [2.05, 4.69) is 0 Å². The average molecular weight is 305 g/mol. The molecule has 0 aromatic heterocycles. The first-order valence-electron chi connectivity index (χ1n) is 5.96. The standard InChI is InChI=1S/C13H14F3NO4/c1-12(11(19)20,13(14,15)16)17-10(18)7-8-21-9-5-3-2-4-6-9/h2-6H,7-8H2,1H3,(H,17,18)(H,19,20). The molecule has 0 saturated carbocycles. The van der Waals surface area contributed by atoms with E-state index >= 15 is 0 Å². The van der Waals surface area contributed by atoms with Crippen molar-refractivity contribution < 1.29 is 32.6 Å². The van der Waals surface area contributed by atoms with E-state index in [0.717, 1.165) is 0 Å². The molecule has 0 fully saturated rings. The number of halogens is 3. The molecule has 116 valence electrons. The van der Waals surface area contributed by atoms with Crippen LogP contribution in [0.5, 0.6) is 5.75 Å². The minimum atomic E-state index is -5.10. The normalized spacial score (nSPS) is 14.1. The zero-order valence-electron chi connectivity index (χ0n) is 11.1. The van der Waals surface area contributed by atoms with Crippen molar-refractivity contribution >= 4 is 11.9 Å². The van der Waals surface area contributed by atoms with Crippen LogP contribution in [0.2, 0.25) is 0 Å². The maximum atomic E-state index is 12.7. The molecule has 0 aliphatic rings. The third-order valence-electron chi connectivity index (χ3n) is 2.73. The van der Waals surface area contributed by atoms with E-state index in [9.17, 15) is 22.8 Å². The summed E-state index contributed by atoms with van der Waals surface area (Å²) in [4.78, 5) is 22.2. The van der Waals surface area contributed by atoms with Crippen molar-refractivity contribution in [2.24, 2.45) is 0 Å². The minimum Gasteiger partial charge on any atom is -0.493 e. The second-order valence-electron chi connectivity index (χ2n) is 4.39. The van der Waals surface area contributed by atoms with Crippen molar-refractivity contribution in [1.82, 2.24) is 5.32 Å². The van der Waals surface area contributed by atoms with Crippen molar-refractivity contribution in [3.63, 3.8) is 0 Å². The van der Waals surface area contributed by atoms with Gasteiger partial charge in [-0.15, -0.1) is 0 Å². The molecule has 1 amide bonds. The van der Waals surface area contributed by atoms with Crippen molar-refractivity contribution in [3.8, 4) is 5.75 Å². The second-order valence-corrected chi connectivity index (χ2v) is 4.39. The van der Waals surface area contributed by atoms with Gasteiger partial charge in [0.25, 0.3) is 0 Å². The lowest BCUT2D eigenvalue weighted by molar-refractivity contribution is -0.207. The van der Waals surface area contributed by atoms with Gasteiger partial charge in [0, 0.05) is 0 Å². The summed E-state index contributed by atoms with van der Waals surface area (Å²) >= 11 is 0. The summed E-state index contributed by atoms with van der Waals surface area (Å²) in [5, 5.41) is 10.1. The number of para-hydroxylation sites is 1. The molecule has 0 bridgehead atoms. The molecule has 1 aromatic rings. The Morgan fingerprint density at radius 1 is 1.24 bits per heavy atom. The number of alkyl halides is 3. The smallest absolute Gasteiger partial charge is 0.422 e. The number of hydrogen-bond acceptors (Lipinski definition) is 3. The third-order valence-corrected chi connectivity index (χ3v) is 2.73. The summed E-state index contributed by atoms with van der Waals surface area (Å²) < 4.78 is 43.2. The molecule has 8 heteroatoms. The molecule has 0 heterocycles. The van der Waals surface area contributed by atoms with Crippen LogP contribution in [0, 0.1) is 0 Å². The number of carbonyl (C=O) groups is 2. The maximum absolute atomic E-state index is 12.7. The molecule has 1 unspecified atom stereocenters. The summed E-state index contributed by atoms with van der Waals surface area (Å²) in [6, 6.07) is 8.38. The fraction of sp³-hybridized carbons (Fsp3) is 0.385. The van der Waals surface area contributed by atoms with Crippen LogP contribution in [0.15, 0.2) is 30.3 Å². The van der Waals surface area contributed by atoms with E-state index < -0.39 is 30.0 Å². The molecule has 1 atom stereocenters. The third kappa shape index (κ3) is 4.37. The van der Waals surface area contributed by atoms with E-state index in [-0.39, 0.29) is 6.61 Å². The van der Waals surface area contributed by atoms with Gasteiger partial charge in [-0.2, -0.15) is 13.2 Å². The summed E-state index contributed by atoms with van der Waals surface area (Å²) in [5.74, 6) is -2.78. The van der Waals surface area contributed by atoms with Crippen molar-refractivity contribution in [2.75, 3.05) is 6.61 Å². The molecular formula is C13H14F3NO4. The number of hydrogen-bond donors (Lipinski definition) is 2. The molecule has 2 N–H and O–H groups in total. The van der Waals surface area contributed by atoms with Gasteiger partial charge < -0.3 is 15.2 Å². The Morgan fingerprint density at radius 3 is 2.29 bits per heavy atom. The summed E-state index contributed by atoms with van der Waals surface area (Å²) in [7, 11) is 0. The molecule has 0 aliphatic carbocycles. The molecule has 0 aliphatic heterocycles. The van der Waals surface area contributed by atoms with Gasteiger partial charge in [0.15, 0.2) is 0 Å². The van der Waals surface area contributed by atoms with Crippen LogP contribution in [0.1, 0.15) is 13.3 Å². The van der Waals surface area contributed by atoms with Gasteiger partial charge in [-0.3, -0.25) is 4.79 Å². The van der Waals surface area contributed by atoms with E-state index in [1.165, 1.54) is 5.32 Å². The Labute approximate surface area is 118 Å². The van der Waals surface area contributed by atoms with E-state index in [1.807, 2.05) is 0 Å². The van der Waals surface area contributed by atoms with Crippen LogP contribution in [-0.4, -0.2) is 35.3 Å². The summed E-state index contributed by atoms with van der Waals surface area (Å²) in [6.45, 7) is 0.231. The van der Waals surface area contributed by atoms with Crippen molar-refractivity contribution in [2.45, 2.75) is 25.1 Å². The van der Waals surface area contributed by atoms with Crippen molar-refractivity contribution in [1.29, 1.82) is 0 Å². The van der Waals surface area contributed by atoms with E-state index in [0.29, 0.717) is 12.7 Å². The fourth-order valence-corrected chi connectivity index (χ4v) is 1.37. The number of nitrogens with one attached hydrogen (secondary N) is 1. The highest BCUT2D eigenvalue weighted by molar-refractivity contribution is 5.87. The molecular weight excluding hydrogens is 291 g/mol. The van der Waals surface area contributed by atoms with Gasteiger partial charge in [-0.05, 0) is 19.1 Å². The Morgan fingerprint density at radius 2 is 1.81 bits per heavy atom. The van der Waals surface area contributed by atoms with Crippen LogP contribution in [-0.2, 0) is 9.59 Å². The van der Waals surface area contributed by atoms with E-state index in [1.54, 1.807) is 30.3 Å². The topological polar surface area (TPSA) is 75.6 Å². The van der Waals surface area contributed by atoms with Crippen LogP contribution >= 0.6 is 0 Å². The monoisotopic (exact) mass is 305 g/mol. The van der Waals surface area contributed by atoms with Gasteiger partial charge in [-0.1, -0.05) is 18.2 Å². The Kier molecular flexibility index (Phi) is 5.17. The largest absolute Gasteiger partial charge is 0.493 e. The van der Waals surface area contributed by atoms with E-state index in [4.69, 9.17) is 9.84 Å². The summed E-state index contributed by atoms with van der Waals surface area (Å²) in [5.41, 5.74) is -3.32. The van der Waals surface area contributed by atoms with Gasteiger partial charge in [0.2, 0.25) is 11.4 Å². The first-order valence-corrected chi connectivity index (χ1v) is 5.96. The Balaban J connectivity index is 2.54. The number of amides is 1. The number of rotatable bonds is 6. The lowest BCUT2D eigenvalue weighted by Gasteiger charge is -2.28. The quantitative estimate of drug-likeness (QED) is 0.842. The van der Waals surface area contributed by atoms with Crippen LogP contribution < -0.4 is 10.1 Å². The van der Waals surface area contributed by atoms with Gasteiger partial charge >= 0.3 is 12.1 Å².